The van der Waals surface area contributed by atoms with Gasteiger partial charge in [0.25, 0.3) is 5.56 Å². The minimum absolute atomic E-state index is 0.194. The Kier molecular flexibility index (Phi) is 4.55. The van der Waals surface area contributed by atoms with Crippen molar-refractivity contribution in [2.24, 2.45) is 7.05 Å². The topological polar surface area (TPSA) is 68.5 Å². The van der Waals surface area contributed by atoms with Crippen LogP contribution in [0.25, 0.3) is 21.9 Å². The second-order valence-electron chi connectivity index (χ2n) is 6.46. The van der Waals surface area contributed by atoms with E-state index in [2.05, 4.69) is 0 Å². The highest BCUT2D eigenvalue weighted by atomic mass is 16.5. The van der Waals surface area contributed by atoms with Crippen molar-refractivity contribution in [2.45, 2.75) is 19.8 Å². The highest BCUT2D eigenvalue weighted by Gasteiger charge is 2.25. The van der Waals surface area contributed by atoms with E-state index in [0.717, 1.165) is 22.1 Å². The fraction of sp³-hybridized carbons (Fsp3) is 0.238. The number of methoxy groups -OCH3 is 1. The van der Waals surface area contributed by atoms with Crippen molar-refractivity contribution in [3.8, 4) is 16.9 Å². The Balaban J connectivity index is 2.48. The van der Waals surface area contributed by atoms with Crippen molar-refractivity contribution in [3.05, 3.63) is 64.1 Å². The van der Waals surface area contributed by atoms with Crippen LogP contribution in [0.5, 0.6) is 5.75 Å². The molecule has 26 heavy (non-hydrogen) atoms. The van der Waals surface area contributed by atoms with E-state index in [0.29, 0.717) is 16.8 Å². The minimum Gasteiger partial charge on any atom is -0.497 e. The number of carboxylic acid groups (broad SMARTS) is 1. The van der Waals surface area contributed by atoms with Gasteiger partial charge in [-0.3, -0.25) is 9.59 Å². The van der Waals surface area contributed by atoms with E-state index in [1.54, 1.807) is 27.1 Å². The van der Waals surface area contributed by atoms with Gasteiger partial charge in [-0.15, -0.1) is 0 Å². The van der Waals surface area contributed by atoms with Crippen LogP contribution in [0, 0.1) is 6.92 Å². The first-order valence-electron chi connectivity index (χ1n) is 8.35. The number of nitrogens with zero attached hydrogens (tertiary/aromatic N) is 1. The summed E-state index contributed by atoms with van der Waals surface area (Å²) >= 11 is 0. The maximum atomic E-state index is 12.8. The molecule has 0 radical (unpaired) electrons. The summed E-state index contributed by atoms with van der Waals surface area (Å²) in [5, 5.41) is 10.9. The van der Waals surface area contributed by atoms with Gasteiger partial charge < -0.3 is 14.4 Å². The molecule has 1 heterocycles. The molecule has 0 amide bonds. The molecule has 5 nitrogen and oxygen atoms in total. The molecule has 1 unspecified atom stereocenters. The molecule has 0 fully saturated rings. The summed E-state index contributed by atoms with van der Waals surface area (Å²) in [7, 11) is 3.22. The number of benzene rings is 2. The van der Waals surface area contributed by atoms with Crippen molar-refractivity contribution in [1.29, 1.82) is 0 Å². The van der Waals surface area contributed by atoms with Crippen molar-refractivity contribution in [2.75, 3.05) is 7.11 Å². The van der Waals surface area contributed by atoms with Gasteiger partial charge in [0.1, 0.15) is 5.75 Å². The molecule has 0 aliphatic heterocycles. The van der Waals surface area contributed by atoms with Crippen molar-refractivity contribution in [1.82, 2.24) is 4.57 Å². The standard InChI is InChI=1S/C21H21NO4/c1-12-5-10-16-17(11-12)18(14-6-8-15(26-4)9-7-14)19(13(2)21(24)25)22(3)20(16)23/h5-11,13H,1-4H3,(H,24,25). The van der Waals surface area contributed by atoms with E-state index < -0.39 is 11.9 Å². The zero-order chi connectivity index (χ0) is 19.0. The number of aromatic nitrogens is 1. The highest BCUT2D eigenvalue weighted by molar-refractivity contribution is 5.99. The van der Waals surface area contributed by atoms with Gasteiger partial charge in [-0.2, -0.15) is 0 Å². The molecule has 3 rings (SSSR count). The predicted octanol–water partition coefficient (Wildman–Crippen LogP) is 3.71. The molecule has 3 aromatic rings. The third-order valence-corrected chi connectivity index (χ3v) is 4.76. The molecule has 1 N–H and O–H groups in total. The van der Waals surface area contributed by atoms with E-state index in [9.17, 15) is 14.7 Å². The average molecular weight is 351 g/mol. The van der Waals surface area contributed by atoms with Crippen LogP contribution in [0.15, 0.2) is 47.3 Å². The Bertz CT molecular complexity index is 1050. The molecule has 0 aliphatic rings. The Morgan fingerprint density at radius 1 is 1.12 bits per heavy atom. The Labute approximate surface area is 151 Å². The number of rotatable bonds is 4. The molecule has 1 atom stereocenters. The summed E-state index contributed by atoms with van der Waals surface area (Å²) in [6, 6.07) is 13.1. The van der Waals surface area contributed by atoms with Crippen LogP contribution in [0.2, 0.25) is 0 Å². The van der Waals surface area contributed by atoms with Crippen molar-refractivity contribution in [3.63, 3.8) is 0 Å². The number of hydrogen-bond donors (Lipinski definition) is 1. The summed E-state index contributed by atoms with van der Waals surface area (Å²) in [6.07, 6.45) is 0. The zero-order valence-electron chi connectivity index (χ0n) is 15.2. The molecule has 0 saturated carbocycles. The summed E-state index contributed by atoms with van der Waals surface area (Å²) in [5.41, 5.74) is 2.92. The monoisotopic (exact) mass is 351 g/mol. The van der Waals surface area contributed by atoms with E-state index in [-0.39, 0.29) is 5.56 Å². The Hall–Kier alpha value is -3.08. The number of carboxylic acids is 1. The lowest BCUT2D eigenvalue weighted by molar-refractivity contribution is -0.138. The lowest BCUT2D eigenvalue weighted by atomic mass is 9.91. The lowest BCUT2D eigenvalue weighted by Crippen LogP contribution is -2.25. The van der Waals surface area contributed by atoms with Crippen molar-refractivity contribution < 1.29 is 14.6 Å². The summed E-state index contributed by atoms with van der Waals surface area (Å²) in [5.74, 6) is -1.08. The summed E-state index contributed by atoms with van der Waals surface area (Å²) in [4.78, 5) is 24.5. The van der Waals surface area contributed by atoms with Gasteiger partial charge in [-0.05, 0) is 43.0 Å². The van der Waals surface area contributed by atoms with Crippen LogP contribution in [-0.4, -0.2) is 22.8 Å². The molecule has 5 heteroatoms. The van der Waals surface area contributed by atoms with Gasteiger partial charge in [-0.25, -0.2) is 0 Å². The quantitative estimate of drug-likeness (QED) is 0.778. The number of pyridine rings is 1. The van der Waals surface area contributed by atoms with E-state index >= 15 is 0 Å². The van der Waals surface area contributed by atoms with Crippen LogP contribution in [-0.2, 0) is 11.8 Å². The third-order valence-electron chi connectivity index (χ3n) is 4.76. The maximum Gasteiger partial charge on any atom is 0.312 e. The number of aliphatic carboxylic acids is 1. The molecule has 0 saturated heterocycles. The second-order valence-corrected chi connectivity index (χ2v) is 6.46. The molecule has 0 spiro atoms. The first-order valence-corrected chi connectivity index (χ1v) is 8.35. The molecule has 1 aromatic heterocycles. The largest absolute Gasteiger partial charge is 0.497 e. The Morgan fingerprint density at radius 3 is 2.35 bits per heavy atom. The van der Waals surface area contributed by atoms with Gasteiger partial charge >= 0.3 is 5.97 Å². The van der Waals surface area contributed by atoms with Gasteiger partial charge in [0.15, 0.2) is 0 Å². The highest BCUT2D eigenvalue weighted by Crippen LogP contribution is 2.35. The Morgan fingerprint density at radius 2 is 1.77 bits per heavy atom. The minimum atomic E-state index is -0.971. The zero-order valence-corrected chi connectivity index (χ0v) is 15.2. The first-order chi connectivity index (χ1) is 12.3. The molecule has 0 aliphatic carbocycles. The number of hydrogen-bond acceptors (Lipinski definition) is 3. The normalized spacial score (nSPS) is 12.2. The fourth-order valence-corrected chi connectivity index (χ4v) is 3.33. The average Bonchev–Trinajstić information content (AvgIpc) is 2.63. The van der Waals surface area contributed by atoms with Gasteiger partial charge in [0.05, 0.1) is 13.0 Å². The molecular weight excluding hydrogens is 330 g/mol. The predicted molar refractivity (Wildman–Crippen MR) is 102 cm³/mol. The molecule has 2 aromatic carbocycles. The van der Waals surface area contributed by atoms with E-state index in [1.165, 1.54) is 4.57 Å². The van der Waals surface area contributed by atoms with Crippen LogP contribution in [0.4, 0.5) is 0 Å². The van der Waals surface area contributed by atoms with Crippen LogP contribution < -0.4 is 10.3 Å². The third kappa shape index (κ3) is 2.86. The van der Waals surface area contributed by atoms with Crippen LogP contribution >= 0.6 is 0 Å². The molecule has 0 bridgehead atoms. The van der Waals surface area contributed by atoms with Crippen LogP contribution in [0.1, 0.15) is 24.1 Å². The van der Waals surface area contributed by atoms with Crippen LogP contribution in [0.3, 0.4) is 0 Å². The van der Waals surface area contributed by atoms with E-state index in [4.69, 9.17) is 4.74 Å². The number of ether oxygens (including phenoxy) is 1. The second kappa shape index (κ2) is 6.67. The molecule has 134 valence electrons. The maximum absolute atomic E-state index is 12.8. The van der Waals surface area contributed by atoms with E-state index in [1.807, 2.05) is 43.3 Å². The smallest absolute Gasteiger partial charge is 0.312 e. The summed E-state index contributed by atoms with van der Waals surface area (Å²) < 4.78 is 6.68. The van der Waals surface area contributed by atoms with Gasteiger partial charge in [-0.1, -0.05) is 29.8 Å². The fourth-order valence-electron chi connectivity index (χ4n) is 3.33. The number of aryl methyl sites for hydroxylation is 1. The SMILES string of the molecule is COc1ccc(-c2c(C(C)C(=O)O)n(C)c(=O)c3ccc(C)cc23)cc1. The number of carbonyl (C=O) groups is 1. The van der Waals surface area contributed by atoms with Crippen molar-refractivity contribution >= 4 is 16.7 Å². The van der Waals surface area contributed by atoms with Gasteiger partial charge in [0.2, 0.25) is 0 Å². The van der Waals surface area contributed by atoms with Gasteiger partial charge in [0, 0.05) is 23.7 Å². The molecular formula is C21H21NO4. The summed E-state index contributed by atoms with van der Waals surface area (Å²) in [6.45, 7) is 3.56. The lowest BCUT2D eigenvalue weighted by Gasteiger charge is -2.20. The number of fused-ring (bicyclic) bond motifs is 1. The first kappa shape index (κ1) is 17.7.